The Morgan fingerprint density at radius 2 is 1.78 bits per heavy atom. The molecule has 1 aliphatic heterocycles. The summed E-state index contributed by atoms with van der Waals surface area (Å²) >= 11 is 0. The molecule has 7 nitrogen and oxygen atoms in total. The highest BCUT2D eigenvalue weighted by atomic mass is 16.5. The first-order valence-corrected chi connectivity index (χ1v) is 8.77. The first-order valence-electron chi connectivity index (χ1n) is 8.77. The molecule has 27 heavy (non-hydrogen) atoms. The topological polar surface area (TPSA) is 87.7 Å². The van der Waals surface area contributed by atoms with E-state index in [1.54, 1.807) is 29.2 Å². The largest absolute Gasteiger partial charge is 0.494 e. The molecular formula is C20H21N3O4. The van der Waals surface area contributed by atoms with Gasteiger partial charge in [-0.05, 0) is 43.3 Å². The maximum atomic E-state index is 12.3. The van der Waals surface area contributed by atoms with Gasteiger partial charge in [0.25, 0.3) is 5.91 Å². The Labute approximate surface area is 157 Å². The minimum Gasteiger partial charge on any atom is -0.494 e. The molecule has 1 aliphatic rings. The highest BCUT2D eigenvalue weighted by Crippen LogP contribution is 2.24. The first-order chi connectivity index (χ1) is 13.1. The van der Waals surface area contributed by atoms with Crippen LogP contribution in [0.2, 0.25) is 0 Å². The highest BCUT2D eigenvalue weighted by Gasteiger charge is 2.35. The number of rotatable bonds is 5. The van der Waals surface area contributed by atoms with Crippen LogP contribution in [0.3, 0.4) is 0 Å². The van der Waals surface area contributed by atoms with E-state index in [9.17, 15) is 14.4 Å². The summed E-state index contributed by atoms with van der Waals surface area (Å²) in [5.74, 6) is -0.780. The van der Waals surface area contributed by atoms with Gasteiger partial charge in [0, 0.05) is 24.2 Å². The number of para-hydroxylation sites is 1. The van der Waals surface area contributed by atoms with Crippen molar-refractivity contribution in [3.63, 3.8) is 0 Å². The van der Waals surface area contributed by atoms with Gasteiger partial charge in [-0.25, -0.2) is 0 Å². The predicted octanol–water partition coefficient (Wildman–Crippen LogP) is 1.90. The number of anilines is 1. The van der Waals surface area contributed by atoms with E-state index in [2.05, 4.69) is 10.9 Å². The van der Waals surface area contributed by atoms with Crippen molar-refractivity contribution in [2.45, 2.75) is 13.3 Å². The van der Waals surface area contributed by atoms with Crippen molar-refractivity contribution < 1.29 is 19.1 Å². The number of ether oxygens (including phenoxy) is 1. The fourth-order valence-electron chi connectivity index (χ4n) is 2.90. The molecule has 1 atom stereocenters. The second-order valence-corrected chi connectivity index (χ2v) is 6.14. The fraction of sp³-hybridized carbons (Fsp3) is 0.250. The monoisotopic (exact) mass is 367 g/mol. The van der Waals surface area contributed by atoms with Crippen LogP contribution in [0.1, 0.15) is 23.7 Å². The molecule has 0 radical (unpaired) electrons. The predicted molar refractivity (Wildman–Crippen MR) is 100 cm³/mol. The number of benzene rings is 2. The number of hydrogen-bond donors (Lipinski definition) is 2. The van der Waals surface area contributed by atoms with Crippen LogP contribution in [0.4, 0.5) is 5.69 Å². The Morgan fingerprint density at radius 1 is 1.07 bits per heavy atom. The summed E-state index contributed by atoms with van der Waals surface area (Å²) in [4.78, 5) is 38.2. The van der Waals surface area contributed by atoms with E-state index < -0.39 is 11.8 Å². The van der Waals surface area contributed by atoms with Gasteiger partial charge in [-0.3, -0.25) is 25.2 Å². The van der Waals surface area contributed by atoms with E-state index in [0.29, 0.717) is 17.9 Å². The second-order valence-electron chi connectivity index (χ2n) is 6.14. The van der Waals surface area contributed by atoms with E-state index in [-0.39, 0.29) is 24.8 Å². The summed E-state index contributed by atoms with van der Waals surface area (Å²) in [6, 6.07) is 15.8. The van der Waals surface area contributed by atoms with Crippen LogP contribution in [0, 0.1) is 5.92 Å². The molecule has 0 bridgehead atoms. The van der Waals surface area contributed by atoms with Crippen LogP contribution < -0.4 is 20.5 Å². The molecule has 2 aromatic rings. The number of hydrazine groups is 1. The number of carbonyl (C=O) groups is 3. The standard InChI is InChI=1S/C20H21N3O4/c1-2-27-17-10-8-14(9-11-17)19(25)21-22-20(26)15-12-18(24)23(13-15)16-6-4-3-5-7-16/h3-11,15H,2,12-13H2,1H3,(H,21,25)(H,22,26). The number of carbonyl (C=O) groups excluding carboxylic acids is 3. The third kappa shape index (κ3) is 4.44. The van der Waals surface area contributed by atoms with Crippen LogP contribution in [-0.4, -0.2) is 30.9 Å². The summed E-state index contributed by atoms with van der Waals surface area (Å²) in [5, 5.41) is 0. The van der Waals surface area contributed by atoms with E-state index >= 15 is 0 Å². The molecule has 3 amide bonds. The molecule has 1 fully saturated rings. The lowest BCUT2D eigenvalue weighted by atomic mass is 10.1. The quantitative estimate of drug-likeness (QED) is 0.790. The van der Waals surface area contributed by atoms with Crippen LogP contribution in [0.5, 0.6) is 5.75 Å². The molecule has 1 unspecified atom stereocenters. The van der Waals surface area contributed by atoms with Gasteiger partial charge in [0.05, 0.1) is 12.5 Å². The van der Waals surface area contributed by atoms with Crippen LogP contribution in [0.25, 0.3) is 0 Å². The number of nitrogens with one attached hydrogen (secondary N) is 2. The molecular weight excluding hydrogens is 346 g/mol. The Bertz CT molecular complexity index is 821. The van der Waals surface area contributed by atoms with Crippen molar-refractivity contribution in [2.24, 2.45) is 5.92 Å². The lowest BCUT2D eigenvalue weighted by molar-refractivity contribution is -0.126. The third-order valence-corrected chi connectivity index (χ3v) is 4.29. The third-order valence-electron chi connectivity index (χ3n) is 4.29. The molecule has 0 saturated carbocycles. The lowest BCUT2D eigenvalue weighted by Gasteiger charge is -2.16. The van der Waals surface area contributed by atoms with Crippen LogP contribution in [0.15, 0.2) is 54.6 Å². The summed E-state index contributed by atoms with van der Waals surface area (Å²) in [5.41, 5.74) is 5.95. The van der Waals surface area contributed by atoms with E-state index in [1.807, 2.05) is 37.3 Å². The average molecular weight is 367 g/mol. The van der Waals surface area contributed by atoms with Gasteiger partial charge in [0.1, 0.15) is 5.75 Å². The van der Waals surface area contributed by atoms with Gasteiger partial charge in [0.15, 0.2) is 0 Å². The lowest BCUT2D eigenvalue weighted by Crippen LogP contribution is -2.45. The first kappa shape index (κ1) is 18.4. The number of hydrogen-bond acceptors (Lipinski definition) is 4. The molecule has 0 aliphatic carbocycles. The Kier molecular flexibility index (Phi) is 5.71. The van der Waals surface area contributed by atoms with Gasteiger partial charge in [-0.2, -0.15) is 0 Å². The van der Waals surface area contributed by atoms with Gasteiger partial charge in [-0.1, -0.05) is 18.2 Å². The minimum absolute atomic E-state index is 0.111. The Balaban J connectivity index is 1.53. The molecule has 1 heterocycles. The summed E-state index contributed by atoms with van der Waals surface area (Å²) < 4.78 is 5.32. The molecule has 0 spiro atoms. The molecule has 140 valence electrons. The van der Waals surface area contributed by atoms with E-state index in [0.717, 1.165) is 5.69 Å². The highest BCUT2D eigenvalue weighted by molar-refractivity contribution is 6.01. The Morgan fingerprint density at radius 3 is 2.44 bits per heavy atom. The van der Waals surface area contributed by atoms with Crippen LogP contribution in [-0.2, 0) is 9.59 Å². The SMILES string of the molecule is CCOc1ccc(C(=O)NNC(=O)C2CC(=O)N(c3ccccc3)C2)cc1. The minimum atomic E-state index is -0.515. The zero-order valence-corrected chi connectivity index (χ0v) is 15.0. The Hall–Kier alpha value is -3.35. The molecule has 0 aromatic heterocycles. The summed E-state index contributed by atoms with van der Waals surface area (Å²) in [7, 11) is 0. The van der Waals surface area contributed by atoms with Crippen molar-refractivity contribution in [1.29, 1.82) is 0 Å². The number of amides is 3. The van der Waals surface area contributed by atoms with Crippen molar-refractivity contribution in [3.05, 3.63) is 60.2 Å². The van der Waals surface area contributed by atoms with Crippen molar-refractivity contribution >= 4 is 23.4 Å². The molecule has 7 heteroatoms. The van der Waals surface area contributed by atoms with Crippen molar-refractivity contribution in [1.82, 2.24) is 10.9 Å². The zero-order valence-electron chi connectivity index (χ0n) is 15.0. The second kappa shape index (κ2) is 8.35. The fourth-order valence-corrected chi connectivity index (χ4v) is 2.90. The molecule has 2 N–H and O–H groups in total. The summed E-state index contributed by atoms with van der Waals surface area (Å²) in [6.45, 7) is 2.71. The average Bonchev–Trinajstić information content (AvgIpc) is 3.09. The zero-order chi connectivity index (χ0) is 19.2. The van der Waals surface area contributed by atoms with Gasteiger partial charge in [-0.15, -0.1) is 0 Å². The van der Waals surface area contributed by atoms with Crippen molar-refractivity contribution in [2.75, 3.05) is 18.1 Å². The molecule has 3 rings (SSSR count). The number of nitrogens with zero attached hydrogens (tertiary/aromatic N) is 1. The smallest absolute Gasteiger partial charge is 0.269 e. The van der Waals surface area contributed by atoms with Gasteiger partial charge in [0.2, 0.25) is 11.8 Å². The normalized spacial score (nSPS) is 16.1. The van der Waals surface area contributed by atoms with Gasteiger partial charge < -0.3 is 9.64 Å². The van der Waals surface area contributed by atoms with E-state index in [4.69, 9.17) is 4.74 Å². The van der Waals surface area contributed by atoms with Crippen LogP contribution >= 0.6 is 0 Å². The van der Waals surface area contributed by atoms with Gasteiger partial charge >= 0.3 is 0 Å². The molecule has 1 saturated heterocycles. The molecule has 2 aromatic carbocycles. The summed E-state index contributed by atoms with van der Waals surface area (Å²) in [6.07, 6.45) is 0.111. The maximum Gasteiger partial charge on any atom is 0.269 e. The maximum absolute atomic E-state index is 12.3. The van der Waals surface area contributed by atoms with Crippen molar-refractivity contribution in [3.8, 4) is 5.75 Å². The van der Waals surface area contributed by atoms with E-state index in [1.165, 1.54) is 0 Å².